The van der Waals surface area contributed by atoms with E-state index < -0.39 is 0 Å². The van der Waals surface area contributed by atoms with E-state index in [4.69, 9.17) is 16.9 Å². The van der Waals surface area contributed by atoms with Crippen LogP contribution >= 0.6 is 11.6 Å². The van der Waals surface area contributed by atoms with Gasteiger partial charge in [-0.05, 0) is 38.5 Å². The van der Waals surface area contributed by atoms with Gasteiger partial charge in [-0.15, -0.1) is 0 Å². The molecule has 3 heteroatoms. The van der Waals surface area contributed by atoms with Crippen LogP contribution in [0, 0.1) is 11.3 Å². The smallest absolute Gasteiger partial charge is 0.121 e. The second-order valence-corrected chi connectivity index (χ2v) is 4.95. The molecule has 0 saturated heterocycles. The van der Waals surface area contributed by atoms with Gasteiger partial charge in [-0.2, -0.15) is 5.26 Å². The molecule has 0 radical (unpaired) electrons. The molecular formula is C12H15ClN2. The van der Waals surface area contributed by atoms with Crippen LogP contribution in [0.25, 0.3) is 0 Å². The van der Waals surface area contributed by atoms with Crippen LogP contribution in [0.2, 0.25) is 5.02 Å². The Bertz CT molecular complexity index is 374. The lowest BCUT2D eigenvalue weighted by Crippen LogP contribution is -2.38. The number of rotatable bonds is 2. The zero-order valence-electron chi connectivity index (χ0n) is 9.21. The van der Waals surface area contributed by atoms with Crippen molar-refractivity contribution in [1.82, 2.24) is 5.32 Å². The van der Waals surface area contributed by atoms with Crippen LogP contribution in [0.4, 0.5) is 0 Å². The van der Waals surface area contributed by atoms with Gasteiger partial charge >= 0.3 is 0 Å². The van der Waals surface area contributed by atoms with Gasteiger partial charge in [-0.25, -0.2) is 0 Å². The molecule has 1 unspecified atom stereocenters. The summed E-state index contributed by atoms with van der Waals surface area (Å²) in [6, 6.07) is 9.29. The van der Waals surface area contributed by atoms with Crippen molar-refractivity contribution in [2.45, 2.75) is 32.4 Å². The summed E-state index contributed by atoms with van der Waals surface area (Å²) in [6.07, 6.45) is 0. The van der Waals surface area contributed by atoms with E-state index >= 15 is 0 Å². The predicted octanol–water partition coefficient (Wildman–Crippen LogP) is 3.29. The van der Waals surface area contributed by atoms with E-state index in [0.29, 0.717) is 5.02 Å². The molecule has 0 saturated carbocycles. The van der Waals surface area contributed by atoms with Gasteiger partial charge in [0.1, 0.15) is 6.04 Å². The molecule has 1 atom stereocenters. The highest BCUT2D eigenvalue weighted by Gasteiger charge is 2.18. The van der Waals surface area contributed by atoms with Crippen LogP contribution < -0.4 is 5.32 Å². The molecule has 1 rings (SSSR count). The van der Waals surface area contributed by atoms with E-state index in [0.717, 1.165) is 5.56 Å². The number of hydrogen-bond donors (Lipinski definition) is 1. The molecule has 2 nitrogen and oxygen atoms in total. The SMILES string of the molecule is CC(C)(C)NC(C#N)c1cccc(Cl)c1. The first-order valence-corrected chi connectivity index (χ1v) is 5.23. The van der Waals surface area contributed by atoms with Crippen molar-refractivity contribution in [3.8, 4) is 6.07 Å². The minimum Gasteiger partial charge on any atom is -0.293 e. The van der Waals surface area contributed by atoms with Crippen molar-refractivity contribution in [2.24, 2.45) is 0 Å². The summed E-state index contributed by atoms with van der Waals surface area (Å²) in [5.74, 6) is 0. The van der Waals surface area contributed by atoms with E-state index in [2.05, 4.69) is 11.4 Å². The van der Waals surface area contributed by atoms with Gasteiger partial charge in [-0.1, -0.05) is 23.7 Å². The van der Waals surface area contributed by atoms with Crippen LogP contribution in [-0.4, -0.2) is 5.54 Å². The fourth-order valence-corrected chi connectivity index (χ4v) is 1.51. The molecule has 0 aromatic heterocycles. The number of halogens is 1. The minimum atomic E-state index is -0.316. The summed E-state index contributed by atoms with van der Waals surface area (Å²) < 4.78 is 0. The molecule has 0 amide bonds. The number of nitrogens with one attached hydrogen (secondary N) is 1. The average molecular weight is 223 g/mol. The van der Waals surface area contributed by atoms with Crippen molar-refractivity contribution >= 4 is 11.6 Å². The Labute approximate surface area is 95.9 Å². The molecule has 0 heterocycles. The fourth-order valence-electron chi connectivity index (χ4n) is 1.31. The van der Waals surface area contributed by atoms with Crippen LogP contribution in [-0.2, 0) is 0 Å². The first-order valence-electron chi connectivity index (χ1n) is 4.85. The highest BCUT2D eigenvalue weighted by Crippen LogP contribution is 2.19. The predicted molar refractivity (Wildman–Crippen MR) is 62.7 cm³/mol. The fraction of sp³-hybridized carbons (Fsp3) is 0.417. The molecule has 1 N–H and O–H groups in total. The quantitative estimate of drug-likeness (QED) is 0.834. The number of nitrogens with zero attached hydrogens (tertiary/aromatic N) is 1. The van der Waals surface area contributed by atoms with Gasteiger partial charge in [0, 0.05) is 10.6 Å². The Kier molecular flexibility index (Phi) is 3.73. The maximum Gasteiger partial charge on any atom is 0.121 e. The highest BCUT2D eigenvalue weighted by molar-refractivity contribution is 6.30. The van der Waals surface area contributed by atoms with Gasteiger partial charge in [0.2, 0.25) is 0 Å². The Morgan fingerprint density at radius 2 is 2.07 bits per heavy atom. The zero-order chi connectivity index (χ0) is 11.5. The Morgan fingerprint density at radius 3 is 2.53 bits per heavy atom. The second-order valence-electron chi connectivity index (χ2n) is 4.51. The third kappa shape index (κ3) is 3.91. The van der Waals surface area contributed by atoms with Gasteiger partial charge in [0.05, 0.1) is 6.07 Å². The van der Waals surface area contributed by atoms with Crippen LogP contribution in [0.3, 0.4) is 0 Å². The summed E-state index contributed by atoms with van der Waals surface area (Å²) in [5.41, 5.74) is 0.808. The molecule has 0 aliphatic rings. The maximum absolute atomic E-state index is 9.08. The molecule has 0 fully saturated rings. The van der Waals surface area contributed by atoms with Gasteiger partial charge < -0.3 is 0 Å². The minimum absolute atomic E-state index is 0.0945. The van der Waals surface area contributed by atoms with Crippen molar-refractivity contribution in [2.75, 3.05) is 0 Å². The lowest BCUT2D eigenvalue weighted by molar-refractivity contribution is 0.400. The average Bonchev–Trinajstić information content (AvgIpc) is 2.13. The van der Waals surface area contributed by atoms with Gasteiger partial charge in [-0.3, -0.25) is 5.32 Å². The number of nitriles is 1. The standard InChI is InChI=1S/C12H15ClN2/c1-12(2,3)15-11(8-14)9-5-4-6-10(13)7-9/h4-7,11,15H,1-3H3. The Balaban J connectivity index is 2.90. The molecule has 0 aliphatic carbocycles. The maximum atomic E-state index is 9.08. The summed E-state index contributed by atoms with van der Waals surface area (Å²) in [7, 11) is 0. The molecule has 1 aromatic rings. The molecule has 1 aromatic carbocycles. The molecule has 15 heavy (non-hydrogen) atoms. The van der Waals surface area contributed by atoms with E-state index in [1.54, 1.807) is 6.07 Å². The second kappa shape index (κ2) is 4.65. The first-order chi connectivity index (χ1) is 6.92. The van der Waals surface area contributed by atoms with Gasteiger partial charge in [0.25, 0.3) is 0 Å². The van der Waals surface area contributed by atoms with E-state index in [-0.39, 0.29) is 11.6 Å². The third-order valence-electron chi connectivity index (χ3n) is 1.89. The molecule has 0 aliphatic heterocycles. The molecular weight excluding hydrogens is 208 g/mol. The summed E-state index contributed by atoms with van der Waals surface area (Å²) in [4.78, 5) is 0. The Hall–Kier alpha value is -1.04. The van der Waals surface area contributed by atoms with Crippen molar-refractivity contribution in [1.29, 1.82) is 5.26 Å². The highest BCUT2D eigenvalue weighted by atomic mass is 35.5. The Morgan fingerprint density at radius 1 is 1.40 bits per heavy atom. The van der Waals surface area contributed by atoms with Crippen molar-refractivity contribution in [3.05, 3.63) is 34.9 Å². The lowest BCUT2D eigenvalue weighted by Gasteiger charge is -2.24. The lowest BCUT2D eigenvalue weighted by atomic mass is 10.0. The largest absolute Gasteiger partial charge is 0.293 e. The zero-order valence-corrected chi connectivity index (χ0v) is 9.97. The summed E-state index contributed by atoms with van der Waals surface area (Å²) >= 11 is 5.88. The van der Waals surface area contributed by atoms with Crippen LogP contribution in [0.5, 0.6) is 0 Å². The van der Waals surface area contributed by atoms with Gasteiger partial charge in [0.15, 0.2) is 0 Å². The summed E-state index contributed by atoms with van der Waals surface area (Å²) in [6.45, 7) is 6.09. The topological polar surface area (TPSA) is 35.8 Å². The number of hydrogen-bond acceptors (Lipinski definition) is 2. The van der Waals surface area contributed by atoms with E-state index in [1.165, 1.54) is 0 Å². The normalized spacial score (nSPS) is 13.3. The van der Waals surface area contributed by atoms with Crippen molar-refractivity contribution in [3.63, 3.8) is 0 Å². The van der Waals surface area contributed by atoms with E-state index in [9.17, 15) is 0 Å². The molecule has 0 spiro atoms. The third-order valence-corrected chi connectivity index (χ3v) is 2.12. The molecule has 80 valence electrons. The van der Waals surface area contributed by atoms with E-state index in [1.807, 2.05) is 39.0 Å². The van der Waals surface area contributed by atoms with Crippen molar-refractivity contribution < 1.29 is 0 Å². The van der Waals surface area contributed by atoms with Crippen LogP contribution in [0.1, 0.15) is 32.4 Å². The van der Waals surface area contributed by atoms with Crippen LogP contribution in [0.15, 0.2) is 24.3 Å². The number of benzene rings is 1. The monoisotopic (exact) mass is 222 g/mol. The first kappa shape index (κ1) is 12.0. The molecule has 0 bridgehead atoms. The summed E-state index contributed by atoms with van der Waals surface area (Å²) in [5, 5.41) is 13.0.